The Kier molecular flexibility index (Phi) is 3.67. The zero-order valence-electron chi connectivity index (χ0n) is 12.0. The number of nitrogens with two attached hydrogens (primary N) is 1. The largest absolute Gasteiger partial charge is 0.322 e. The highest BCUT2D eigenvalue weighted by Gasteiger charge is 2.23. The van der Waals surface area contributed by atoms with Gasteiger partial charge in [-0.1, -0.05) is 32.9 Å². The minimum absolute atomic E-state index is 0.00828. The fourth-order valence-electron chi connectivity index (χ4n) is 1.90. The summed E-state index contributed by atoms with van der Waals surface area (Å²) in [6.45, 7) is 8.35. The second-order valence-corrected chi connectivity index (χ2v) is 5.96. The predicted molar refractivity (Wildman–Crippen MR) is 78.6 cm³/mol. The summed E-state index contributed by atoms with van der Waals surface area (Å²) in [6, 6.07) is 11.8. The molecule has 3 nitrogen and oxygen atoms in total. The SMILES string of the molecule is Cc1cccc(-c2cccc(C(N)C(C)(C)C)n2)n1. The van der Waals surface area contributed by atoms with Crippen molar-refractivity contribution < 1.29 is 0 Å². The van der Waals surface area contributed by atoms with Gasteiger partial charge in [-0.2, -0.15) is 0 Å². The molecule has 2 rings (SSSR count). The Morgan fingerprint density at radius 1 is 0.947 bits per heavy atom. The molecule has 0 saturated carbocycles. The van der Waals surface area contributed by atoms with Crippen molar-refractivity contribution in [3.63, 3.8) is 0 Å². The Hall–Kier alpha value is -1.74. The first-order valence-electron chi connectivity index (χ1n) is 6.54. The lowest BCUT2D eigenvalue weighted by molar-refractivity contribution is 0.321. The van der Waals surface area contributed by atoms with Gasteiger partial charge in [0.2, 0.25) is 0 Å². The number of hydrogen-bond donors (Lipinski definition) is 1. The minimum Gasteiger partial charge on any atom is -0.322 e. The van der Waals surface area contributed by atoms with Crippen LogP contribution in [0.4, 0.5) is 0 Å². The Morgan fingerprint density at radius 3 is 2.11 bits per heavy atom. The first-order chi connectivity index (χ1) is 8.88. The third-order valence-electron chi connectivity index (χ3n) is 3.17. The van der Waals surface area contributed by atoms with E-state index in [-0.39, 0.29) is 11.5 Å². The molecule has 0 bridgehead atoms. The molecule has 0 fully saturated rings. The fourth-order valence-corrected chi connectivity index (χ4v) is 1.90. The van der Waals surface area contributed by atoms with Crippen molar-refractivity contribution >= 4 is 0 Å². The Morgan fingerprint density at radius 2 is 1.53 bits per heavy atom. The van der Waals surface area contributed by atoms with E-state index in [4.69, 9.17) is 5.73 Å². The molecular formula is C16H21N3. The summed E-state index contributed by atoms with van der Waals surface area (Å²) in [5.74, 6) is 0. The van der Waals surface area contributed by atoms with Gasteiger partial charge in [0.05, 0.1) is 23.1 Å². The fraction of sp³-hybridized carbons (Fsp3) is 0.375. The molecule has 1 atom stereocenters. The van der Waals surface area contributed by atoms with Gasteiger partial charge < -0.3 is 5.73 Å². The molecule has 1 unspecified atom stereocenters. The summed E-state index contributed by atoms with van der Waals surface area (Å²) in [4.78, 5) is 9.17. The quantitative estimate of drug-likeness (QED) is 0.893. The van der Waals surface area contributed by atoms with E-state index in [1.54, 1.807) is 0 Å². The highest BCUT2D eigenvalue weighted by molar-refractivity contribution is 5.54. The standard InChI is InChI=1S/C16H21N3/c1-11-7-5-8-12(18-11)13-9-6-10-14(19-13)15(17)16(2,3)4/h5-10,15H,17H2,1-4H3. The minimum atomic E-state index is -0.0859. The maximum absolute atomic E-state index is 6.27. The lowest BCUT2D eigenvalue weighted by Gasteiger charge is -2.26. The number of aromatic nitrogens is 2. The van der Waals surface area contributed by atoms with Crippen LogP contribution in [0.25, 0.3) is 11.4 Å². The van der Waals surface area contributed by atoms with Crippen LogP contribution in [0.15, 0.2) is 36.4 Å². The zero-order chi connectivity index (χ0) is 14.0. The Bertz CT molecular complexity index is 570. The van der Waals surface area contributed by atoms with Crippen LogP contribution in [-0.4, -0.2) is 9.97 Å². The maximum Gasteiger partial charge on any atom is 0.0890 e. The van der Waals surface area contributed by atoms with Gasteiger partial charge in [-0.25, -0.2) is 4.98 Å². The van der Waals surface area contributed by atoms with E-state index in [0.717, 1.165) is 22.8 Å². The van der Waals surface area contributed by atoms with Gasteiger partial charge in [0.15, 0.2) is 0 Å². The van der Waals surface area contributed by atoms with Crippen molar-refractivity contribution in [2.45, 2.75) is 33.7 Å². The van der Waals surface area contributed by atoms with E-state index in [9.17, 15) is 0 Å². The maximum atomic E-state index is 6.27. The van der Waals surface area contributed by atoms with Crippen LogP contribution >= 0.6 is 0 Å². The lowest BCUT2D eigenvalue weighted by atomic mass is 9.85. The van der Waals surface area contributed by atoms with Gasteiger partial charge in [-0.15, -0.1) is 0 Å². The molecule has 2 aromatic rings. The summed E-state index contributed by atoms with van der Waals surface area (Å²) in [5.41, 5.74) is 9.93. The van der Waals surface area contributed by atoms with Gasteiger partial charge >= 0.3 is 0 Å². The molecule has 100 valence electrons. The summed E-state index contributed by atoms with van der Waals surface area (Å²) >= 11 is 0. The molecule has 0 saturated heterocycles. The molecule has 2 heterocycles. The highest BCUT2D eigenvalue weighted by Crippen LogP contribution is 2.30. The van der Waals surface area contributed by atoms with Gasteiger partial charge in [0.1, 0.15) is 0 Å². The number of nitrogens with zero attached hydrogens (tertiary/aromatic N) is 2. The van der Waals surface area contributed by atoms with E-state index in [0.29, 0.717) is 0 Å². The molecule has 0 aliphatic heterocycles. The number of aryl methyl sites for hydroxylation is 1. The molecular weight excluding hydrogens is 234 g/mol. The summed E-state index contributed by atoms with van der Waals surface area (Å²) in [6.07, 6.45) is 0. The topological polar surface area (TPSA) is 51.8 Å². The monoisotopic (exact) mass is 255 g/mol. The van der Waals surface area contributed by atoms with Crippen LogP contribution < -0.4 is 5.73 Å². The molecule has 0 amide bonds. The molecule has 0 aromatic carbocycles. The van der Waals surface area contributed by atoms with Crippen molar-refractivity contribution in [2.75, 3.05) is 0 Å². The van der Waals surface area contributed by atoms with Crippen LogP contribution in [0.1, 0.15) is 38.2 Å². The molecule has 0 aliphatic rings. The normalized spacial score (nSPS) is 13.3. The number of hydrogen-bond acceptors (Lipinski definition) is 3. The molecule has 0 spiro atoms. The third kappa shape index (κ3) is 3.18. The van der Waals surface area contributed by atoms with Gasteiger partial charge in [-0.05, 0) is 36.6 Å². The van der Waals surface area contributed by atoms with E-state index < -0.39 is 0 Å². The Labute approximate surface area is 114 Å². The van der Waals surface area contributed by atoms with Gasteiger partial charge in [0.25, 0.3) is 0 Å². The number of pyridine rings is 2. The van der Waals surface area contributed by atoms with Crippen LogP contribution in [0.2, 0.25) is 0 Å². The van der Waals surface area contributed by atoms with E-state index in [1.807, 2.05) is 43.3 Å². The lowest BCUT2D eigenvalue weighted by Crippen LogP contribution is -2.27. The first-order valence-corrected chi connectivity index (χ1v) is 6.54. The number of rotatable bonds is 2. The van der Waals surface area contributed by atoms with Crippen LogP contribution in [0, 0.1) is 12.3 Å². The molecule has 2 N–H and O–H groups in total. The van der Waals surface area contributed by atoms with Crippen LogP contribution in [0.3, 0.4) is 0 Å². The average Bonchev–Trinajstić information content (AvgIpc) is 2.37. The molecule has 2 aromatic heterocycles. The predicted octanol–water partition coefficient (Wildman–Crippen LogP) is 3.50. The Balaban J connectivity index is 2.40. The van der Waals surface area contributed by atoms with Crippen molar-refractivity contribution in [3.05, 3.63) is 47.8 Å². The molecule has 0 radical (unpaired) electrons. The smallest absolute Gasteiger partial charge is 0.0890 e. The van der Waals surface area contributed by atoms with Crippen molar-refractivity contribution in [1.29, 1.82) is 0 Å². The summed E-state index contributed by atoms with van der Waals surface area (Å²) in [7, 11) is 0. The molecule has 19 heavy (non-hydrogen) atoms. The van der Waals surface area contributed by atoms with Crippen molar-refractivity contribution in [2.24, 2.45) is 11.1 Å². The van der Waals surface area contributed by atoms with Crippen molar-refractivity contribution in [1.82, 2.24) is 9.97 Å². The molecule has 3 heteroatoms. The van der Waals surface area contributed by atoms with E-state index in [1.165, 1.54) is 0 Å². The summed E-state index contributed by atoms with van der Waals surface area (Å²) in [5, 5.41) is 0. The highest BCUT2D eigenvalue weighted by atomic mass is 14.8. The van der Waals surface area contributed by atoms with Gasteiger partial charge in [-0.3, -0.25) is 4.98 Å². The average molecular weight is 255 g/mol. The molecule has 0 aliphatic carbocycles. The second kappa shape index (κ2) is 5.10. The zero-order valence-corrected chi connectivity index (χ0v) is 12.0. The first kappa shape index (κ1) is 13.7. The van der Waals surface area contributed by atoms with Crippen LogP contribution in [0.5, 0.6) is 0 Å². The second-order valence-electron chi connectivity index (χ2n) is 5.96. The van der Waals surface area contributed by atoms with Gasteiger partial charge in [0, 0.05) is 5.69 Å². The van der Waals surface area contributed by atoms with Crippen molar-refractivity contribution in [3.8, 4) is 11.4 Å². The summed E-state index contributed by atoms with van der Waals surface area (Å²) < 4.78 is 0. The van der Waals surface area contributed by atoms with E-state index in [2.05, 4.69) is 30.7 Å². The van der Waals surface area contributed by atoms with E-state index >= 15 is 0 Å². The third-order valence-corrected chi connectivity index (χ3v) is 3.17. The van der Waals surface area contributed by atoms with Crippen LogP contribution in [-0.2, 0) is 0 Å².